The van der Waals surface area contributed by atoms with Crippen LogP contribution in [-0.2, 0) is 20.8 Å². The summed E-state index contributed by atoms with van der Waals surface area (Å²) in [7, 11) is 1.09. The van der Waals surface area contributed by atoms with E-state index in [4.69, 9.17) is 27.5 Å². The normalized spacial score (nSPS) is 11.9. The Kier molecular flexibility index (Phi) is 5.18. The van der Waals surface area contributed by atoms with Crippen LogP contribution < -0.4 is 4.74 Å². The molecule has 0 saturated heterocycles. The van der Waals surface area contributed by atoms with Crippen LogP contribution in [0.1, 0.15) is 6.92 Å². The Bertz CT molecular complexity index is 412. The van der Waals surface area contributed by atoms with Crippen LogP contribution in [-0.4, -0.2) is 23.2 Å². The smallest absolute Gasteiger partial charge is 0.408 e. The van der Waals surface area contributed by atoms with Crippen molar-refractivity contribution in [3.8, 4) is 5.75 Å². The fraction of sp³-hybridized carbons (Fsp3) is 0.300. The number of para-hydroxylation sites is 1. The lowest BCUT2D eigenvalue weighted by molar-refractivity contribution is 0.187. The van der Waals surface area contributed by atoms with E-state index in [0.29, 0.717) is 10.8 Å². The molecule has 0 saturated carbocycles. The van der Waals surface area contributed by atoms with E-state index in [1.54, 1.807) is 31.3 Å². The zero-order valence-corrected chi connectivity index (χ0v) is 11.4. The van der Waals surface area contributed by atoms with Gasteiger partial charge in [0, 0.05) is 12.8 Å². The molecule has 16 heavy (non-hydrogen) atoms. The van der Waals surface area contributed by atoms with Crippen LogP contribution in [0.4, 0.5) is 4.79 Å². The summed E-state index contributed by atoms with van der Waals surface area (Å²) in [6.45, 7) is 1.93. The molecule has 3 nitrogen and oxygen atoms in total. The van der Waals surface area contributed by atoms with E-state index in [1.165, 1.54) is 4.31 Å². The third-order valence-corrected chi connectivity index (χ3v) is 4.79. The highest BCUT2D eigenvalue weighted by molar-refractivity contribution is 8.27. The molecule has 6 heteroatoms. The summed E-state index contributed by atoms with van der Waals surface area (Å²) in [4.78, 5) is 11.7. The van der Waals surface area contributed by atoms with Crippen LogP contribution in [0.2, 0.25) is 5.02 Å². The highest BCUT2D eigenvalue weighted by atomic mass is 35.5. The van der Waals surface area contributed by atoms with Crippen LogP contribution in [0.15, 0.2) is 24.3 Å². The number of carbonyl (C=O) groups excluding carboxylic acids is 1. The minimum atomic E-state index is -0.533. The zero-order chi connectivity index (χ0) is 12.1. The van der Waals surface area contributed by atoms with Gasteiger partial charge in [-0.2, -0.15) is 0 Å². The number of carbonyl (C=O) groups is 1. The van der Waals surface area contributed by atoms with Gasteiger partial charge in [0.1, 0.15) is 0 Å². The molecule has 0 aliphatic heterocycles. The number of hydrogen-bond acceptors (Lipinski definition) is 3. The molecular formula is C10H12ClNO2S2. The van der Waals surface area contributed by atoms with Gasteiger partial charge in [0.15, 0.2) is 5.75 Å². The molecule has 1 atom stereocenters. The number of rotatable bonds is 3. The number of nitrogens with zero attached hydrogens (tertiary/aromatic N) is 1. The van der Waals surface area contributed by atoms with Crippen LogP contribution in [0.25, 0.3) is 0 Å². The first kappa shape index (κ1) is 13.4. The third kappa shape index (κ3) is 3.43. The molecule has 88 valence electrons. The van der Waals surface area contributed by atoms with E-state index in [9.17, 15) is 4.79 Å². The van der Waals surface area contributed by atoms with Gasteiger partial charge in [0.2, 0.25) is 0 Å². The first-order valence-corrected chi connectivity index (χ1v) is 7.30. The maximum Gasteiger partial charge on any atom is 0.425 e. The van der Waals surface area contributed by atoms with Crippen molar-refractivity contribution in [3.05, 3.63) is 29.3 Å². The number of halogens is 1. The lowest BCUT2D eigenvalue weighted by Crippen LogP contribution is -2.31. The largest absolute Gasteiger partial charge is 0.425 e. The summed E-state index contributed by atoms with van der Waals surface area (Å²) in [6.07, 6.45) is -0.478. The minimum absolute atomic E-state index is 0.351. The molecule has 1 amide bonds. The Morgan fingerprint density at radius 3 is 2.75 bits per heavy atom. The second-order valence-electron chi connectivity index (χ2n) is 2.91. The Balaban J connectivity index is 2.72. The molecule has 0 aliphatic carbocycles. The van der Waals surface area contributed by atoms with Crippen molar-refractivity contribution >= 4 is 38.5 Å². The van der Waals surface area contributed by atoms with Crippen molar-refractivity contribution in [2.45, 2.75) is 6.92 Å². The second kappa shape index (κ2) is 6.18. The van der Waals surface area contributed by atoms with Crippen molar-refractivity contribution in [1.82, 2.24) is 4.31 Å². The molecule has 0 spiro atoms. The molecule has 0 fully saturated rings. The van der Waals surface area contributed by atoms with Gasteiger partial charge in [-0.3, -0.25) is 4.31 Å². The average Bonchev–Trinajstić information content (AvgIpc) is 2.30. The van der Waals surface area contributed by atoms with Crippen LogP contribution in [0, 0.1) is 0 Å². The Morgan fingerprint density at radius 2 is 2.19 bits per heavy atom. The van der Waals surface area contributed by atoms with Crippen LogP contribution in [0.5, 0.6) is 5.75 Å². The summed E-state index contributed by atoms with van der Waals surface area (Å²) in [5.41, 5.74) is 0. The van der Waals surface area contributed by atoms with Crippen molar-refractivity contribution in [2.75, 3.05) is 12.8 Å². The van der Waals surface area contributed by atoms with Crippen LogP contribution >= 0.6 is 11.6 Å². The molecule has 1 aromatic rings. The summed E-state index contributed by atoms with van der Waals surface area (Å²) in [5.74, 6) is 1.08. The molecule has 1 unspecified atom stereocenters. The fourth-order valence-corrected chi connectivity index (χ4v) is 1.91. The number of ether oxygens (including phenoxy) is 1. The third-order valence-electron chi connectivity index (χ3n) is 1.84. The topological polar surface area (TPSA) is 29.5 Å². The van der Waals surface area contributed by atoms with E-state index in [2.05, 4.69) is 0 Å². The van der Waals surface area contributed by atoms with Crippen molar-refractivity contribution in [3.63, 3.8) is 0 Å². The summed E-state index contributed by atoms with van der Waals surface area (Å²) >= 11 is 11.0. The minimum Gasteiger partial charge on any atom is -0.408 e. The predicted octanol–water partition coefficient (Wildman–Crippen LogP) is 2.79. The second-order valence-corrected chi connectivity index (χ2v) is 6.24. The SMILES string of the molecule is CCS(=S)N(C)C(=O)Oc1ccccc1Cl. The molecule has 0 aliphatic rings. The Morgan fingerprint density at radius 1 is 1.56 bits per heavy atom. The fourth-order valence-electron chi connectivity index (χ4n) is 0.963. The van der Waals surface area contributed by atoms with Gasteiger partial charge < -0.3 is 4.74 Å². The highest BCUT2D eigenvalue weighted by Crippen LogP contribution is 2.23. The summed E-state index contributed by atoms with van der Waals surface area (Å²) in [6, 6.07) is 6.83. The van der Waals surface area contributed by atoms with Crippen molar-refractivity contribution < 1.29 is 9.53 Å². The van der Waals surface area contributed by atoms with Crippen molar-refractivity contribution in [1.29, 1.82) is 0 Å². The molecule has 0 aromatic heterocycles. The highest BCUT2D eigenvalue weighted by Gasteiger charge is 2.14. The summed E-state index contributed by atoms with van der Waals surface area (Å²) < 4.78 is 6.53. The Labute approximate surface area is 107 Å². The maximum atomic E-state index is 11.7. The van der Waals surface area contributed by atoms with E-state index in [0.717, 1.165) is 5.75 Å². The number of hydrogen-bond donors (Lipinski definition) is 0. The average molecular weight is 278 g/mol. The van der Waals surface area contributed by atoms with Crippen molar-refractivity contribution in [2.24, 2.45) is 0 Å². The monoisotopic (exact) mass is 277 g/mol. The van der Waals surface area contributed by atoms with Gasteiger partial charge in [0.25, 0.3) is 0 Å². The first-order valence-electron chi connectivity index (χ1n) is 4.64. The molecule has 0 bridgehead atoms. The van der Waals surface area contributed by atoms with E-state index in [-0.39, 0.29) is 0 Å². The van der Waals surface area contributed by atoms with E-state index >= 15 is 0 Å². The van der Waals surface area contributed by atoms with Gasteiger partial charge >= 0.3 is 6.09 Å². The summed E-state index contributed by atoms with van der Waals surface area (Å²) in [5, 5.41) is 0.407. The Hall–Kier alpha value is -0.650. The lowest BCUT2D eigenvalue weighted by Gasteiger charge is -2.17. The number of amides is 1. The predicted molar refractivity (Wildman–Crippen MR) is 70.5 cm³/mol. The number of benzene rings is 1. The lowest BCUT2D eigenvalue weighted by atomic mass is 10.3. The van der Waals surface area contributed by atoms with Crippen LogP contribution in [0.3, 0.4) is 0 Å². The van der Waals surface area contributed by atoms with Gasteiger partial charge in [-0.25, -0.2) is 4.79 Å². The molecular weight excluding hydrogens is 266 g/mol. The zero-order valence-electron chi connectivity index (χ0n) is 8.97. The quantitative estimate of drug-likeness (QED) is 0.851. The molecule has 0 radical (unpaired) electrons. The van der Waals surface area contributed by atoms with Gasteiger partial charge in [-0.05, 0) is 33.0 Å². The van der Waals surface area contributed by atoms with E-state index < -0.39 is 15.7 Å². The standard InChI is InChI=1S/C10H12ClNO2S2/c1-3-16(15)12(2)10(13)14-9-7-5-4-6-8(9)11/h4-7H,3H2,1-2H3. The maximum absolute atomic E-state index is 11.7. The first-order chi connectivity index (χ1) is 7.56. The molecule has 0 heterocycles. The van der Waals surface area contributed by atoms with Gasteiger partial charge in [-0.15, -0.1) is 0 Å². The van der Waals surface area contributed by atoms with Gasteiger partial charge in [-0.1, -0.05) is 30.7 Å². The molecule has 1 rings (SSSR count). The molecule has 0 N–H and O–H groups in total. The molecule has 1 aromatic carbocycles. The van der Waals surface area contributed by atoms with E-state index in [1.807, 2.05) is 6.92 Å². The van der Waals surface area contributed by atoms with Gasteiger partial charge in [0.05, 0.1) is 5.02 Å².